The fourth-order valence-corrected chi connectivity index (χ4v) is 3.31. The van der Waals surface area contributed by atoms with Gasteiger partial charge in [0.05, 0.1) is 0 Å². The maximum absolute atomic E-state index is 10.1. The summed E-state index contributed by atoms with van der Waals surface area (Å²) in [6, 6.07) is 31.0. The number of phenolic OH excluding ortho intramolecular Hbond substituents is 1. The maximum Gasteiger partial charge on any atom is 0.127 e. The SMILES string of the molecule is Oc1ccccc1-c1ccc(-c2cc(Cl)ccc2OCc2ccccc2)cc1. The van der Waals surface area contributed by atoms with Crippen molar-refractivity contribution >= 4 is 11.6 Å². The van der Waals surface area contributed by atoms with E-state index in [2.05, 4.69) is 0 Å². The van der Waals surface area contributed by atoms with Crippen LogP contribution in [0.15, 0.2) is 97.1 Å². The number of phenols is 1. The fourth-order valence-electron chi connectivity index (χ4n) is 3.14. The number of hydrogen-bond acceptors (Lipinski definition) is 2. The summed E-state index contributed by atoms with van der Waals surface area (Å²) in [6.07, 6.45) is 0. The molecule has 0 aromatic heterocycles. The summed E-state index contributed by atoms with van der Waals surface area (Å²) in [6.45, 7) is 0.492. The first-order valence-corrected chi connectivity index (χ1v) is 9.43. The average molecular weight is 387 g/mol. The molecule has 2 nitrogen and oxygen atoms in total. The lowest BCUT2D eigenvalue weighted by Crippen LogP contribution is -1.97. The van der Waals surface area contributed by atoms with E-state index in [0.29, 0.717) is 11.6 Å². The Morgan fingerprint density at radius 3 is 2.04 bits per heavy atom. The van der Waals surface area contributed by atoms with E-state index in [4.69, 9.17) is 16.3 Å². The van der Waals surface area contributed by atoms with Crippen LogP contribution in [0.5, 0.6) is 11.5 Å². The molecule has 0 aliphatic rings. The zero-order chi connectivity index (χ0) is 19.3. The quantitative estimate of drug-likeness (QED) is 0.401. The van der Waals surface area contributed by atoms with Crippen molar-refractivity contribution in [1.29, 1.82) is 0 Å². The summed E-state index contributed by atoms with van der Waals surface area (Å²) in [4.78, 5) is 0. The predicted octanol–water partition coefficient (Wildman–Crippen LogP) is 6.96. The molecule has 4 aromatic rings. The van der Waals surface area contributed by atoms with Gasteiger partial charge in [-0.15, -0.1) is 0 Å². The third-order valence-corrected chi connectivity index (χ3v) is 4.82. The van der Waals surface area contributed by atoms with Gasteiger partial charge in [0.25, 0.3) is 0 Å². The summed E-state index contributed by atoms with van der Waals surface area (Å²) in [5.41, 5.74) is 4.81. The van der Waals surface area contributed by atoms with Crippen molar-refractivity contribution < 1.29 is 9.84 Å². The number of para-hydroxylation sites is 1. The van der Waals surface area contributed by atoms with Gasteiger partial charge in [0, 0.05) is 16.1 Å². The van der Waals surface area contributed by atoms with Gasteiger partial charge in [-0.2, -0.15) is 0 Å². The van der Waals surface area contributed by atoms with Gasteiger partial charge in [0.15, 0.2) is 0 Å². The molecule has 0 saturated heterocycles. The molecule has 0 unspecified atom stereocenters. The molecule has 4 rings (SSSR count). The molecule has 0 aliphatic heterocycles. The van der Waals surface area contributed by atoms with E-state index in [-0.39, 0.29) is 5.75 Å². The highest BCUT2D eigenvalue weighted by Crippen LogP contribution is 2.35. The molecule has 1 N–H and O–H groups in total. The number of aromatic hydroxyl groups is 1. The first-order chi connectivity index (χ1) is 13.7. The number of halogens is 1. The normalized spacial score (nSPS) is 10.6. The topological polar surface area (TPSA) is 29.5 Å². The van der Waals surface area contributed by atoms with Crippen LogP contribution in [0, 0.1) is 0 Å². The van der Waals surface area contributed by atoms with E-state index < -0.39 is 0 Å². The van der Waals surface area contributed by atoms with Crippen molar-refractivity contribution in [1.82, 2.24) is 0 Å². The van der Waals surface area contributed by atoms with Gasteiger partial charge in [-0.3, -0.25) is 0 Å². The standard InChI is InChI=1S/C25H19ClO2/c26-21-14-15-25(28-17-18-6-2-1-3-7-18)23(16-21)20-12-10-19(11-13-20)22-8-4-5-9-24(22)27/h1-16,27H,17H2. The Hall–Kier alpha value is -3.23. The van der Waals surface area contributed by atoms with Crippen LogP contribution in [0.3, 0.4) is 0 Å². The van der Waals surface area contributed by atoms with E-state index in [1.807, 2.05) is 91.0 Å². The Kier molecular flexibility index (Phi) is 5.31. The van der Waals surface area contributed by atoms with Crippen molar-refractivity contribution in [2.45, 2.75) is 6.61 Å². The molecule has 0 atom stereocenters. The zero-order valence-corrected chi connectivity index (χ0v) is 15.9. The second-order valence-electron chi connectivity index (χ2n) is 6.51. The highest BCUT2D eigenvalue weighted by Gasteiger charge is 2.10. The van der Waals surface area contributed by atoms with Gasteiger partial charge in [-0.1, -0.05) is 84.4 Å². The van der Waals surface area contributed by atoms with Gasteiger partial charge in [0.1, 0.15) is 18.1 Å². The highest BCUT2D eigenvalue weighted by atomic mass is 35.5. The molecular weight excluding hydrogens is 368 g/mol. The molecule has 4 aromatic carbocycles. The lowest BCUT2D eigenvalue weighted by molar-refractivity contribution is 0.307. The second kappa shape index (κ2) is 8.20. The first-order valence-electron chi connectivity index (χ1n) is 9.06. The molecule has 0 fully saturated rings. The van der Waals surface area contributed by atoms with E-state index in [9.17, 15) is 5.11 Å². The van der Waals surface area contributed by atoms with Gasteiger partial charge >= 0.3 is 0 Å². The largest absolute Gasteiger partial charge is 0.507 e. The third-order valence-electron chi connectivity index (χ3n) is 4.59. The lowest BCUT2D eigenvalue weighted by Gasteiger charge is -2.13. The molecule has 0 heterocycles. The minimum atomic E-state index is 0.268. The van der Waals surface area contributed by atoms with Crippen molar-refractivity contribution in [2.24, 2.45) is 0 Å². The minimum absolute atomic E-state index is 0.268. The molecule has 3 heteroatoms. The number of benzene rings is 4. The van der Waals surface area contributed by atoms with Gasteiger partial charge in [-0.05, 0) is 41.0 Å². The Balaban J connectivity index is 1.63. The monoisotopic (exact) mass is 386 g/mol. The van der Waals surface area contributed by atoms with Crippen LogP contribution in [-0.4, -0.2) is 5.11 Å². The Bertz CT molecular complexity index is 1070. The maximum atomic E-state index is 10.1. The fraction of sp³-hybridized carbons (Fsp3) is 0.0400. The van der Waals surface area contributed by atoms with Gasteiger partial charge in [-0.25, -0.2) is 0 Å². The summed E-state index contributed by atoms with van der Waals surface area (Å²) >= 11 is 6.24. The van der Waals surface area contributed by atoms with Crippen molar-refractivity contribution in [3.8, 4) is 33.8 Å². The number of rotatable bonds is 5. The van der Waals surface area contributed by atoms with E-state index in [1.54, 1.807) is 6.07 Å². The second-order valence-corrected chi connectivity index (χ2v) is 6.95. The molecule has 138 valence electrons. The Morgan fingerprint density at radius 2 is 1.32 bits per heavy atom. The number of hydrogen-bond donors (Lipinski definition) is 1. The van der Waals surface area contributed by atoms with E-state index >= 15 is 0 Å². The molecule has 28 heavy (non-hydrogen) atoms. The van der Waals surface area contributed by atoms with Crippen LogP contribution < -0.4 is 4.74 Å². The minimum Gasteiger partial charge on any atom is -0.507 e. The van der Waals surface area contributed by atoms with Crippen LogP contribution in [-0.2, 0) is 6.61 Å². The molecule has 0 saturated carbocycles. The van der Waals surface area contributed by atoms with Crippen LogP contribution >= 0.6 is 11.6 Å². The van der Waals surface area contributed by atoms with E-state index in [1.165, 1.54) is 0 Å². The summed E-state index contributed by atoms with van der Waals surface area (Å²) in [5.74, 6) is 1.05. The summed E-state index contributed by atoms with van der Waals surface area (Å²) in [5, 5.41) is 10.7. The summed E-state index contributed by atoms with van der Waals surface area (Å²) in [7, 11) is 0. The van der Waals surface area contributed by atoms with Crippen molar-refractivity contribution in [3.05, 3.63) is 108 Å². The molecule has 0 radical (unpaired) electrons. The van der Waals surface area contributed by atoms with Crippen LogP contribution in [0.4, 0.5) is 0 Å². The first kappa shape index (κ1) is 18.1. The van der Waals surface area contributed by atoms with E-state index in [0.717, 1.165) is 33.6 Å². The third kappa shape index (κ3) is 4.03. The van der Waals surface area contributed by atoms with Gasteiger partial charge in [0.2, 0.25) is 0 Å². The molecule has 0 aliphatic carbocycles. The molecular formula is C25H19ClO2. The van der Waals surface area contributed by atoms with Crippen LogP contribution in [0.25, 0.3) is 22.3 Å². The van der Waals surface area contributed by atoms with Crippen LogP contribution in [0.1, 0.15) is 5.56 Å². The smallest absolute Gasteiger partial charge is 0.127 e. The Labute approximate surface area is 169 Å². The summed E-state index contributed by atoms with van der Waals surface area (Å²) < 4.78 is 6.07. The predicted molar refractivity (Wildman–Crippen MR) is 115 cm³/mol. The molecule has 0 spiro atoms. The molecule has 0 amide bonds. The molecule has 0 bridgehead atoms. The van der Waals surface area contributed by atoms with Crippen LogP contribution in [0.2, 0.25) is 5.02 Å². The lowest BCUT2D eigenvalue weighted by atomic mass is 9.99. The average Bonchev–Trinajstić information content (AvgIpc) is 2.74. The number of ether oxygens (including phenoxy) is 1. The highest BCUT2D eigenvalue weighted by molar-refractivity contribution is 6.31. The zero-order valence-electron chi connectivity index (χ0n) is 15.2. The van der Waals surface area contributed by atoms with Crippen molar-refractivity contribution in [3.63, 3.8) is 0 Å². The van der Waals surface area contributed by atoms with Gasteiger partial charge < -0.3 is 9.84 Å². The van der Waals surface area contributed by atoms with Crippen molar-refractivity contribution in [2.75, 3.05) is 0 Å². The Morgan fingerprint density at radius 1 is 0.679 bits per heavy atom.